The second-order valence-corrected chi connectivity index (χ2v) is 5.67. The van der Waals surface area contributed by atoms with Crippen LogP contribution in [0.3, 0.4) is 0 Å². The van der Waals surface area contributed by atoms with E-state index in [2.05, 4.69) is 48.3 Å². The van der Waals surface area contributed by atoms with Crippen molar-refractivity contribution < 1.29 is 0 Å². The molecule has 2 nitrogen and oxygen atoms in total. The first-order valence-electron chi connectivity index (χ1n) is 7.90. The summed E-state index contributed by atoms with van der Waals surface area (Å²) in [7, 11) is 0. The SMILES string of the molecule is CCCc1ccccc1NC1CCN(CCC)CC1. The summed E-state index contributed by atoms with van der Waals surface area (Å²) in [6, 6.07) is 9.46. The van der Waals surface area contributed by atoms with Gasteiger partial charge in [0.05, 0.1) is 0 Å². The monoisotopic (exact) mass is 260 g/mol. The van der Waals surface area contributed by atoms with Crippen LogP contribution in [0.2, 0.25) is 0 Å². The van der Waals surface area contributed by atoms with Crippen molar-refractivity contribution in [2.45, 2.75) is 52.0 Å². The molecule has 0 spiro atoms. The highest BCUT2D eigenvalue weighted by Crippen LogP contribution is 2.21. The van der Waals surface area contributed by atoms with Crippen LogP contribution in [-0.2, 0) is 6.42 Å². The lowest BCUT2D eigenvalue weighted by atomic mass is 10.0. The lowest BCUT2D eigenvalue weighted by Gasteiger charge is -2.33. The van der Waals surface area contributed by atoms with E-state index >= 15 is 0 Å². The summed E-state index contributed by atoms with van der Waals surface area (Å²) in [5, 5.41) is 3.77. The molecule has 1 aliphatic heterocycles. The Labute approximate surface area is 118 Å². The zero-order valence-electron chi connectivity index (χ0n) is 12.5. The largest absolute Gasteiger partial charge is 0.382 e. The fourth-order valence-electron chi connectivity index (χ4n) is 2.99. The predicted octanol–water partition coefficient (Wildman–Crippen LogP) is 3.93. The summed E-state index contributed by atoms with van der Waals surface area (Å²) < 4.78 is 0. The number of hydrogen-bond donors (Lipinski definition) is 1. The molecule has 106 valence electrons. The van der Waals surface area contributed by atoms with Crippen LogP contribution in [0.25, 0.3) is 0 Å². The molecule has 1 saturated heterocycles. The Balaban J connectivity index is 1.88. The average molecular weight is 260 g/mol. The lowest BCUT2D eigenvalue weighted by Crippen LogP contribution is -2.39. The van der Waals surface area contributed by atoms with Crippen molar-refractivity contribution in [2.75, 3.05) is 25.0 Å². The molecular formula is C17H28N2. The van der Waals surface area contributed by atoms with E-state index in [-0.39, 0.29) is 0 Å². The summed E-state index contributed by atoms with van der Waals surface area (Å²) in [4.78, 5) is 2.59. The van der Waals surface area contributed by atoms with E-state index in [4.69, 9.17) is 0 Å². The Bertz CT molecular complexity index is 367. The quantitative estimate of drug-likeness (QED) is 0.834. The standard InChI is InChI=1S/C17H28N2/c1-3-7-15-8-5-6-9-17(15)18-16-10-13-19(12-4-2)14-11-16/h5-6,8-9,16,18H,3-4,7,10-14H2,1-2H3. The molecule has 0 radical (unpaired) electrons. The number of hydrogen-bond acceptors (Lipinski definition) is 2. The van der Waals surface area contributed by atoms with Gasteiger partial charge in [0.15, 0.2) is 0 Å². The molecular weight excluding hydrogens is 232 g/mol. The highest BCUT2D eigenvalue weighted by molar-refractivity contribution is 5.51. The molecule has 1 aromatic rings. The fourth-order valence-corrected chi connectivity index (χ4v) is 2.99. The number of rotatable bonds is 6. The molecule has 0 aliphatic carbocycles. The Hall–Kier alpha value is -1.02. The molecule has 1 heterocycles. The van der Waals surface area contributed by atoms with E-state index in [0.29, 0.717) is 6.04 Å². The van der Waals surface area contributed by atoms with E-state index in [1.807, 2.05) is 0 Å². The number of anilines is 1. The maximum atomic E-state index is 3.77. The third-order valence-electron chi connectivity index (χ3n) is 4.02. The number of para-hydroxylation sites is 1. The maximum Gasteiger partial charge on any atom is 0.0374 e. The summed E-state index contributed by atoms with van der Waals surface area (Å²) in [6.45, 7) is 8.29. The molecule has 0 bridgehead atoms. The second kappa shape index (κ2) is 7.54. The van der Waals surface area contributed by atoms with Crippen LogP contribution in [0.15, 0.2) is 24.3 Å². The number of nitrogens with one attached hydrogen (secondary N) is 1. The van der Waals surface area contributed by atoms with Crippen LogP contribution in [0, 0.1) is 0 Å². The van der Waals surface area contributed by atoms with Crippen LogP contribution in [0.4, 0.5) is 5.69 Å². The van der Waals surface area contributed by atoms with E-state index in [1.165, 1.54) is 63.0 Å². The number of likely N-dealkylation sites (tertiary alicyclic amines) is 1. The number of nitrogens with zero attached hydrogens (tertiary/aromatic N) is 1. The van der Waals surface area contributed by atoms with Gasteiger partial charge in [-0.25, -0.2) is 0 Å². The van der Waals surface area contributed by atoms with Gasteiger partial charge in [-0.1, -0.05) is 38.5 Å². The molecule has 0 unspecified atom stereocenters. The first-order valence-corrected chi connectivity index (χ1v) is 7.90. The van der Waals surface area contributed by atoms with Gasteiger partial charge in [-0.05, 0) is 43.9 Å². The Morgan fingerprint density at radius 2 is 1.84 bits per heavy atom. The van der Waals surface area contributed by atoms with Crippen molar-refractivity contribution >= 4 is 5.69 Å². The van der Waals surface area contributed by atoms with Crippen LogP contribution >= 0.6 is 0 Å². The van der Waals surface area contributed by atoms with Gasteiger partial charge in [-0.3, -0.25) is 0 Å². The smallest absolute Gasteiger partial charge is 0.0374 e. The number of piperidine rings is 1. The van der Waals surface area contributed by atoms with Gasteiger partial charge in [-0.15, -0.1) is 0 Å². The molecule has 19 heavy (non-hydrogen) atoms. The van der Waals surface area contributed by atoms with Crippen molar-refractivity contribution in [2.24, 2.45) is 0 Å². The first kappa shape index (κ1) is 14.4. The topological polar surface area (TPSA) is 15.3 Å². The molecule has 1 N–H and O–H groups in total. The van der Waals surface area contributed by atoms with E-state index in [9.17, 15) is 0 Å². The minimum absolute atomic E-state index is 0.658. The zero-order valence-corrected chi connectivity index (χ0v) is 12.5. The molecule has 1 fully saturated rings. The van der Waals surface area contributed by atoms with Gasteiger partial charge in [0.2, 0.25) is 0 Å². The molecule has 0 saturated carbocycles. The van der Waals surface area contributed by atoms with Crippen molar-refractivity contribution in [3.05, 3.63) is 29.8 Å². The van der Waals surface area contributed by atoms with Gasteiger partial charge < -0.3 is 10.2 Å². The van der Waals surface area contributed by atoms with Crippen LogP contribution in [0.5, 0.6) is 0 Å². The summed E-state index contributed by atoms with van der Waals surface area (Å²) in [6.07, 6.45) is 6.23. The third kappa shape index (κ3) is 4.24. The van der Waals surface area contributed by atoms with Crippen molar-refractivity contribution in [3.8, 4) is 0 Å². The normalized spacial score (nSPS) is 17.6. The minimum Gasteiger partial charge on any atom is -0.382 e. The van der Waals surface area contributed by atoms with Crippen molar-refractivity contribution in [1.29, 1.82) is 0 Å². The molecule has 0 amide bonds. The van der Waals surface area contributed by atoms with Gasteiger partial charge in [0.25, 0.3) is 0 Å². The minimum atomic E-state index is 0.658. The van der Waals surface area contributed by atoms with Crippen LogP contribution in [0.1, 0.15) is 45.1 Å². The highest BCUT2D eigenvalue weighted by atomic mass is 15.1. The summed E-state index contributed by atoms with van der Waals surface area (Å²) in [5.74, 6) is 0. The molecule has 1 aliphatic rings. The van der Waals surface area contributed by atoms with E-state index in [1.54, 1.807) is 0 Å². The number of aryl methyl sites for hydroxylation is 1. The van der Waals surface area contributed by atoms with Crippen molar-refractivity contribution in [3.63, 3.8) is 0 Å². The second-order valence-electron chi connectivity index (χ2n) is 5.67. The van der Waals surface area contributed by atoms with Gasteiger partial charge >= 0.3 is 0 Å². The zero-order chi connectivity index (χ0) is 13.5. The Morgan fingerprint density at radius 3 is 2.53 bits per heavy atom. The molecule has 0 atom stereocenters. The Kier molecular flexibility index (Phi) is 5.71. The fraction of sp³-hybridized carbons (Fsp3) is 0.647. The molecule has 2 rings (SSSR count). The van der Waals surface area contributed by atoms with Crippen molar-refractivity contribution in [1.82, 2.24) is 4.90 Å². The lowest BCUT2D eigenvalue weighted by molar-refractivity contribution is 0.219. The maximum absolute atomic E-state index is 3.77. The van der Waals surface area contributed by atoms with E-state index < -0.39 is 0 Å². The summed E-state index contributed by atoms with van der Waals surface area (Å²) in [5.41, 5.74) is 2.83. The first-order chi connectivity index (χ1) is 9.33. The summed E-state index contributed by atoms with van der Waals surface area (Å²) >= 11 is 0. The number of benzene rings is 1. The Morgan fingerprint density at radius 1 is 1.11 bits per heavy atom. The molecule has 2 heteroatoms. The molecule has 0 aromatic heterocycles. The molecule has 1 aromatic carbocycles. The van der Waals surface area contributed by atoms with Crippen LogP contribution < -0.4 is 5.32 Å². The average Bonchev–Trinajstić information content (AvgIpc) is 2.44. The van der Waals surface area contributed by atoms with Gasteiger partial charge in [-0.2, -0.15) is 0 Å². The predicted molar refractivity (Wildman–Crippen MR) is 83.8 cm³/mol. The van der Waals surface area contributed by atoms with E-state index in [0.717, 1.165) is 0 Å². The third-order valence-corrected chi connectivity index (χ3v) is 4.02. The van der Waals surface area contributed by atoms with Gasteiger partial charge in [0.1, 0.15) is 0 Å². The highest BCUT2D eigenvalue weighted by Gasteiger charge is 2.18. The van der Waals surface area contributed by atoms with Crippen LogP contribution in [-0.4, -0.2) is 30.6 Å². The van der Waals surface area contributed by atoms with Gasteiger partial charge in [0, 0.05) is 24.8 Å².